The van der Waals surface area contributed by atoms with E-state index >= 15 is 0 Å². The summed E-state index contributed by atoms with van der Waals surface area (Å²) in [5.74, 6) is 0.203. The summed E-state index contributed by atoms with van der Waals surface area (Å²) >= 11 is 0. The summed E-state index contributed by atoms with van der Waals surface area (Å²) in [5, 5.41) is 6.19. The molecule has 1 aliphatic heterocycles. The highest BCUT2D eigenvalue weighted by atomic mass is 16.2. The fourth-order valence-electron chi connectivity index (χ4n) is 3.53. The van der Waals surface area contributed by atoms with Gasteiger partial charge in [-0.2, -0.15) is 0 Å². The fourth-order valence-corrected chi connectivity index (χ4v) is 3.53. The van der Waals surface area contributed by atoms with Crippen molar-refractivity contribution in [3.8, 4) is 0 Å². The van der Waals surface area contributed by atoms with Crippen LogP contribution in [-0.4, -0.2) is 50.1 Å². The van der Waals surface area contributed by atoms with Crippen molar-refractivity contribution in [3.05, 3.63) is 0 Å². The first kappa shape index (κ1) is 13.8. The SMILES string of the molecule is CNC(=O)C1(C)CCN(C2CCC(NC)CC2)C1. The third-order valence-corrected chi connectivity index (χ3v) is 4.90. The minimum absolute atomic E-state index is 0.172. The lowest BCUT2D eigenvalue weighted by Gasteiger charge is -2.35. The van der Waals surface area contributed by atoms with Crippen molar-refractivity contribution in [3.63, 3.8) is 0 Å². The molecule has 4 heteroatoms. The topological polar surface area (TPSA) is 44.4 Å². The number of hydrogen-bond acceptors (Lipinski definition) is 3. The zero-order valence-electron chi connectivity index (χ0n) is 12.0. The molecular weight excluding hydrogens is 226 g/mol. The summed E-state index contributed by atoms with van der Waals surface area (Å²) in [5.41, 5.74) is -0.172. The van der Waals surface area contributed by atoms with Gasteiger partial charge < -0.3 is 10.6 Å². The van der Waals surface area contributed by atoms with E-state index in [2.05, 4.69) is 29.5 Å². The van der Waals surface area contributed by atoms with Crippen molar-refractivity contribution in [2.24, 2.45) is 5.41 Å². The summed E-state index contributed by atoms with van der Waals surface area (Å²) in [6.45, 7) is 4.12. The van der Waals surface area contributed by atoms with Crippen molar-refractivity contribution < 1.29 is 4.79 Å². The number of likely N-dealkylation sites (tertiary alicyclic amines) is 1. The lowest BCUT2D eigenvalue weighted by molar-refractivity contribution is -0.129. The predicted molar refractivity (Wildman–Crippen MR) is 73.5 cm³/mol. The first-order valence-corrected chi connectivity index (χ1v) is 7.22. The number of nitrogens with zero attached hydrogens (tertiary/aromatic N) is 1. The van der Waals surface area contributed by atoms with Gasteiger partial charge in [-0.15, -0.1) is 0 Å². The Morgan fingerprint density at radius 2 is 1.89 bits per heavy atom. The second-order valence-corrected chi connectivity index (χ2v) is 6.15. The van der Waals surface area contributed by atoms with E-state index in [1.807, 2.05) is 0 Å². The van der Waals surface area contributed by atoms with Crippen LogP contribution in [0.3, 0.4) is 0 Å². The molecule has 1 saturated heterocycles. The summed E-state index contributed by atoms with van der Waals surface area (Å²) < 4.78 is 0. The van der Waals surface area contributed by atoms with Gasteiger partial charge in [0.2, 0.25) is 5.91 Å². The molecule has 0 aromatic rings. The molecule has 4 nitrogen and oxygen atoms in total. The summed E-state index contributed by atoms with van der Waals surface area (Å²) in [7, 11) is 3.80. The molecular formula is C14H27N3O. The zero-order valence-corrected chi connectivity index (χ0v) is 12.0. The van der Waals surface area contributed by atoms with Crippen LogP contribution in [0.5, 0.6) is 0 Å². The Kier molecular flexibility index (Phi) is 4.28. The smallest absolute Gasteiger partial charge is 0.227 e. The molecule has 2 rings (SSSR count). The molecule has 0 bridgehead atoms. The van der Waals surface area contributed by atoms with Gasteiger partial charge in [0.05, 0.1) is 5.41 Å². The molecule has 1 unspecified atom stereocenters. The monoisotopic (exact) mass is 253 g/mol. The quantitative estimate of drug-likeness (QED) is 0.788. The van der Waals surface area contributed by atoms with Gasteiger partial charge in [0.15, 0.2) is 0 Å². The molecule has 2 aliphatic rings. The Balaban J connectivity index is 1.88. The van der Waals surface area contributed by atoms with Crippen LogP contribution in [0.2, 0.25) is 0 Å². The molecule has 18 heavy (non-hydrogen) atoms. The lowest BCUT2D eigenvalue weighted by atomic mass is 9.88. The minimum Gasteiger partial charge on any atom is -0.359 e. The van der Waals surface area contributed by atoms with E-state index in [9.17, 15) is 4.79 Å². The van der Waals surface area contributed by atoms with Gasteiger partial charge in [-0.3, -0.25) is 9.69 Å². The molecule has 0 radical (unpaired) electrons. The fraction of sp³-hybridized carbons (Fsp3) is 0.929. The maximum absolute atomic E-state index is 11.9. The van der Waals surface area contributed by atoms with Gasteiger partial charge >= 0.3 is 0 Å². The maximum atomic E-state index is 11.9. The molecule has 2 N–H and O–H groups in total. The van der Waals surface area contributed by atoms with Gasteiger partial charge in [0.1, 0.15) is 0 Å². The van der Waals surface area contributed by atoms with Crippen LogP contribution in [-0.2, 0) is 4.79 Å². The first-order valence-electron chi connectivity index (χ1n) is 7.22. The number of carbonyl (C=O) groups excluding carboxylic acids is 1. The van der Waals surface area contributed by atoms with Crippen LogP contribution >= 0.6 is 0 Å². The number of rotatable bonds is 3. The molecule has 104 valence electrons. The molecule has 1 atom stereocenters. The number of amides is 1. The van der Waals surface area contributed by atoms with Crippen LogP contribution in [0.25, 0.3) is 0 Å². The van der Waals surface area contributed by atoms with Gasteiger partial charge in [-0.1, -0.05) is 0 Å². The van der Waals surface area contributed by atoms with E-state index in [1.54, 1.807) is 7.05 Å². The average molecular weight is 253 g/mol. The van der Waals surface area contributed by atoms with Crippen molar-refractivity contribution in [1.82, 2.24) is 15.5 Å². The van der Waals surface area contributed by atoms with Crippen LogP contribution in [0.1, 0.15) is 39.0 Å². The van der Waals surface area contributed by atoms with Gasteiger partial charge in [-0.25, -0.2) is 0 Å². The van der Waals surface area contributed by atoms with Crippen LogP contribution in [0.4, 0.5) is 0 Å². The predicted octanol–water partition coefficient (Wildman–Crippen LogP) is 0.975. The molecule has 1 heterocycles. The van der Waals surface area contributed by atoms with Gasteiger partial charge in [-0.05, 0) is 52.6 Å². The summed E-state index contributed by atoms with van der Waals surface area (Å²) in [6.07, 6.45) is 6.09. The number of carbonyl (C=O) groups is 1. The van der Waals surface area contributed by atoms with Crippen LogP contribution in [0, 0.1) is 5.41 Å². The molecule has 2 fully saturated rings. The first-order chi connectivity index (χ1) is 8.59. The second-order valence-electron chi connectivity index (χ2n) is 6.15. The molecule has 1 aliphatic carbocycles. The largest absolute Gasteiger partial charge is 0.359 e. The highest BCUT2D eigenvalue weighted by Gasteiger charge is 2.42. The Labute approximate surface area is 110 Å². The van der Waals surface area contributed by atoms with Crippen molar-refractivity contribution in [2.45, 2.75) is 51.1 Å². The molecule has 0 aromatic heterocycles. The normalized spacial score (nSPS) is 37.7. The molecule has 0 spiro atoms. The third-order valence-electron chi connectivity index (χ3n) is 4.90. The van der Waals surface area contributed by atoms with E-state index in [0.717, 1.165) is 19.5 Å². The maximum Gasteiger partial charge on any atom is 0.227 e. The van der Waals surface area contributed by atoms with Crippen LogP contribution < -0.4 is 10.6 Å². The molecule has 1 saturated carbocycles. The average Bonchev–Trinajstić information content (AvgIpc) is 2.82. The van der Waals surface area contributed by atoms with Crippen molar-refractivity contribution in [2.75, 3.05) is 27.2 Å². The van der Waals surface area contributed by atoms with Gasteiger partial charge in [0, 0.05) is 25.7 Å². The highest BCUT2D eigenvalue weighted by molar-refractivity contribution is 5.82. The summed E-state index contributed by atoms with van der Waals surface area (Å²) in [6, 6.07) is 1.40. The third kappa shape index (κ3) is 2.69. The van der Waals surface area contributed by atoms with Crippen LogP contribution in [0.15, 0.2) is 0 Å². The van der Waals surface area contributed by atoms with E-state index in [0.29, 0.717) is 12.1 Å². The van der Waals surface area contributed by atoms with E-state index in [4.69, 9.17) is 0 Å². The zero-order chi connectivity index (χ0) is 13.2. The van der Waals surface area contributed by atoms with E-state index in [1.165, 1.54) is 25.7 Å². The van der Waals surface area contributed by atoms with Gasteiger partial charge in [0.25, 0.3) is 0 Å². The lowest BCUT2D eigenvalue weighted by Crippen LogP contribution is -2.44. The highest BCUT2D eigenvalue weighted by Crippen LogP contribution is 2.34. The number of hydrogen-bond donors (Lipinski definition) is 2. The van der Waals surface area contributed by atoms with Crippen molar-refractivity contribution >= 4 is 5.91 Å². The Hall–Kier alpha value is -0.610. The minimum atomic E-state index is -0.172. The number of nitrogens with one attached hydrogen (secondary N) is 2. The molecule has 0 aromatic carbocycles. The van der Waals surface area contributed by atoms with Crippen molar-refractivity contribution in [1.29, 1.82) is 0 Å². The van der Waals surface area contributed by atoms with E-state index in [-0.39, 0.29) is 11.3 Å². The Bertz CT molecular complexity index is 299. The Morgan fingerprint density at radius 3 is 2.44 bits per heavy atom. The molecule has 1 amide bonds. The summed E-state index contributed by atoms with van der Waals surface area (Å²) in [4.78, 5) is 14.5. The standard InChI is InChI=1S/C14H27N3O/c1-14(13(18)16-3)8-9-17(10-14)12-6-4-11(15-2)5-7-12/h11-12,15H,4-10H2,1-3H3,(H,16,18). The Morgan fingerprint density at radius 1 is 1.22 bits per heavy atom. The van der Waals surface area contributed by atoms with E-state index < -0.39 is 0 Å². The second kappa shape index (κ2) is 5.57.